The lowest BCUT2D eigenvalue weighted by Crippen LogP contribution is -2.42. The van der Waals surface area contributed by atoms with Crippen LogP contribution in [0.1, 0.15) is 60.5 Å². The van der Waals surface area contributed by atoms with Crippen molar-refractivity contribution in [2.24, 2.45) is 11.8 Å². The molecular formula is C19H28N4O3S. The van der Waals surface area contributed by atoms with Gasteiger partial charge < -0.3 is 10.2 Å². The molecule has 4 aliphatic rings. The molecule has 0 aromatic carbocycles. The molecule has 3 aliphatic carbocycles. The van der Waals surface area contributed by atoms with Gasteiger partial charge in [0.1, 0.15) is 0 Å². The van der Waals surface area contributed by atoms with Gasteiger partial charge in [-0.2, -0.15) is 10.6 Å². The predicted octanol–water partition coefficient (Wildman–Crippen LogP) is 3.16. The molecule has 3 atom stereocenters. The molecule has 1 aromatic rings. The fourth-order valence-corrected chi connectivity index (χ4v) is 6.21. The molecule has 1 aromatic heterocycles. The number of rotatable bonds is 4. The summed E-state index contributed by atoms with van der Waals surface area (Å²) in [5, 5.41) is 3.54. The van der Waals surface area contributed by atoms with Gasteiger partial charge in [0.05, 0.1) is 22.8 Å². The first kappa shape index (κ1) is 17.7. The zero-order valence-corrected chi connectivity index (χ0v) is 16.3. The van der Waals surface area contributed by atoms with Gasteiger partial charge in [0.25, 0.3) is 5.91 Å². The summed E-state index contributed by atoms with van der Waals surface area (Å²) in [6.45, 7) is 0.771. The van der Waals surface area contributed by atoms with Gasteiger partial charge in [-0.3, -0.25) is 13.9 Å². The lowest BCUT2D eigenvalue weighted by Gasteiger charge is -2.41. The van der Waals surface area contributed by atoms with Gasteiger partial charge in [-0.1, -0.05) is 6.42 Å². The molecule has 0 unspecified atom stereocenters. The van der Waals surface area contributed by atoms with E-state index < -0.39 is 10.6 Å². The van der Waals surface area contributed by atoms with Crippen LogP contribution in [0.25, 0.3) is 0 Å². The second kappa shape index (κ2) is 6.60. The largest absolute Gasteiger partial charge is 0.351 e. The maximum Gasteiger partial charge on any atom is 0.257 e. The van der Waals surface area contributed by atoms with E-state index in [9.17, 15) is 13.9 Å². The second-order valence-corrected chi connectivity index (χ2v) is 11.1. The molecule has 27 heavy (non-hydrogen) atoms. The van der Waals surface area contributed by atoms with Crippen molar-refractivity contribution in [3.63, 3.8) is 0 Å². The summed E-state index contributed by atoms with van der Waals surface area (Å²) in [5.74, 6) is 3.10. The summed E-state index contributed by atoms with van der Waals surface area (Å²) < 4.78 is 19.6. The van der Waals surface area contributed by atoms with Crippen LogP contribution in [-0.2, 0) is 0 Å². The third kappa shape index (κ3) is 3.54. The number of hydrogen-bond donors (Lipinski definition) is 3. The minimum atomic E-state index is -2.51. The van der Waals surface area contributed by atoms with Crippen molar-refractivity contribution in [2.45, 2.75) is 50.5 Å². The smallest absolute Gasteiger partial charge is 0.257 e. The molecule has 4 fully saturated rings. The highest BCUT2D eigenvalue weighted by Gasteiger charge is 2.40. The predicted molar refractivity (Wildman–Crippen MR) is 105 cm³/mol. The summed E-state index contributed by atoms with van der Waals surface area (Å²) >= 11 is 0. The van der Waals surface area contributed by atoms with E-state index in [1.807, 2.05) is 0 Å². The molecule has 1 amide bonds. The van der Waals surface area contributed by atoms with Crippen LogP contribution in [0.5, 0.6) is 0 Å². The van der Waals surface area contributed by atoms with E-state index >= 15 is 0 Å². The van der Waals surface area contributed by atoms with Crippen LogP contribution in [0.3, 0.4) is 0 Å². The third-order valence-corrected chi connectivity index (χ3v) is 8.40. The SMILES string of the molecule is O=C(c1cnc(N[C@@H]2C[C@@H]3CC[C@@H]2C3)nc1C1CC1)N1CCS(O)(O)CC1. The Morgan fingerprint density at radius 1 is 1.15 bits per heavy atom. The summed E-state index contributed by atoms with van der Waals surface area (Å²) in [6, 6.07) is 0.477. The normalized spacial score (nSPS) is 33.1. The van der Waals surface area contributed by atoms with Crippen molar-refractivity contribution in [2.75, 3.05) is 29.9 Å². The number of amides is 1. The fourth-order valence-electron chi connectivity index (χ4n) is 4.98. The molecule has 1 aliphatic heterocycles. The summed E-state index contributed by atoms with van der Waals surface area (Å²) in [6.07, 6.45) is 9.06. The van der Waals surface area contributed by atoms with Crippen LogP contribution in [0.4, 0.5) is 5.95 Å². The first-order chi connectivity index (χ1) is 13.0. The Morgan fingerprint density at radius 2 is 1.93 bits per heavy atom. The molecule has 0 spiro atoms. The maximum atomic E-state index is 13.0. The van der Waals surface area contributed by atoms with Crippen LogP contribution >= 0.6 is 10.6 Å². The Balaban J connectivity index is 1.33. The van der Waals surface area contributed by atoms with Gasteiger partial charge in [-0.05, 0) is 43.9 Å². The van der Waals surface area contributed by atoms with Crippen molar-refractivity contribution in [1.29, 1.82) is 0 Å². The Bertz CT molecular complexity index is 744. The summed E-state index contributed by atoms with van der Waals surface area (Å²) in [7, 11) is -2.51. The molecule has 148 valence electrons. The van der Waals surface area contributed by atoms with Gasteiger partial charge >= 0.3 is 0 Å². The number of anilines is 1. The van der Waals surface area contributed by atoms with Crippen molar-refractivity contribution in [1.82, 2.24) is 14.9 Å². The standard InChI is InChI=1S/C19H28N4O3S/c24-18(23-5-7-27(25,26)8-6-23)15-11-20-19(22-17(15)13-3-4-13)21-16-10-12-1-2-14(16)9-12/h11-14,16,25-26H,1-10H2,(H,20,21,22)/t12-,14-,16-/m1/s1. The van der Waals surface area contributed by atoms with Crippen LogP contribution in [0, 0.1) is 11.8 Å². The average molecular weight is 393 g/mol. The number of aromatic nitrogens is 2. The number of carbonyl (C=O) groups excluding carboxylic acids is 1. The molecule has 2 bridgehead atoms. The van der Waals surface area contributed by atoms with Crippen molar-refractivity contribution in [3.8, 4) is 0 Å². The van der Waals surface area contributed by atoms with Gasteiger partial charge in [0.2, 0.25) is 5.95 Å². The first-order valence-electron chi connectivity index (χ1n) is 10.1. The number of nitrogens with zero attached hydrogens (tertiary/aromatic N) is 3. The quantitative estimate of drug-likeness (QED) is 0.728. The van der Waals surface area contributed by atoms with Crippen LogP contribution in [-0.4, -0.2) is 60.5 Å². The molecule has 3 saturated carbocycles. The highest BCUT2D eigenvalue weighted by Crippen LogP contribution is 2.46. The fraction of sp³-hybridized carbons (Fsp3) is 0.737. The maximum absolute atomic E-state index is 13.0. The van der Waals surface area contributed by atoms with Gasteiger partial charge in [-0.15, -0.1) is 0 Å². The lowest BCUT2D eigenvalue weighted by atomic mass is 9.95. The molecular weight excluding hydrogens is 364 g/mol. The van der Waals surface area contributed by atoms with Gasteiger partial charge in [0.15, 0.2) is 0 Å². The Labute approximate surface area is 161 Å². The van der Waals surface area contributed by atoms with E-state index in [2.05, 4.69) is 10.3 Å². The van der Waals surface area contributed by atoms with Crippen LogP contribution < -0.4 is 5.32 Å². The summed E-state index contributed by atoms with van der Waals surface area (Å²) in [4.78, 5) is 23.9. The highest BCUT2D eigenvalue weighted by molar-refractivity contribution is 8.24. The lowest BCUT2D eigenvalue weighted by molar-refractivity contribution is 0.0766. The minimum absolute atomic E-state index is 0.0710. The number of hydrogen-bond acceptors (Lipinski definition) is 6. The topological polar surface area (TPSA) is 98.6 Å². The molecule has 2 heterocycles. The number of nitrogens with one attached hydrogen (secondary N) is 1. The molecule has 1 saturated heterocycles. The summed E-state index contributed by atoms with van der Waals surface area (Å²) in [5.41, 5.74) is 1.47. The third-order valence-electron chi connectivity index (χ3n) is 6.73. The van der Waals surface area contributed by atoms with Crippen molar-refractivity contribution >= 4 is 22.4 Å². The van der Waals surface area contributed by atoms with Gasteiger partial charge in [-0.25, -0.2) is 9.97 Å². The van der Waals surface area contributed by atoms with E-state index in [4.69, 9.17) is 4.98 Å². The zero-order valence-electron chi connectivity index (χ0n) is 15.5. The molecule has 5 rings (SSSR count). The number of carbonyl (C=O) groups is 1. The first-order valence-corrected chi connectivity index (χ1v) is 12.0. The molecule has 7 nitrogen and oxygen atoms in total. The van der Waals surface area contributed by atoms with Crippen molar-refractivity contribution < 1.29 is 13.9 Å². The van der Waals surface area contributed by atoms with Crippen molar-refractivity contribution in [3.05, 3.63) is 17.5 Å². The Morgan fingerprint density at radius 3 is 2.56 bits per heavy atom. The van der Waals surface area contributed by atoms with E-state index in [1.54, 1.807) is 11.1 Å². The minimum Gasteiger partial charge on any atom is -0.351 e. The monoisotopic (exact) mass is 392 g/mol. The Hall–Kier alpha value is -1.38. The van der Waals surface area contributed by atoms with E-state index in [-0.39, 0.29) is 17.4 Å². The Kier molecular flexibility index (Phi) is 4.33. The van der Waals surface area contributed by atoms with Gasteiger partial charge in [0, 0.05) is 31.2 Å². The average Bonchev–Trinajstić information content (AvgIpc) is 3.30. The zero-order chi connectivity index (χ0) is 18.6. The van der Waals surface area contributed by atoms with E-state index in [0.29, 0.717) is 36.6 Å². The molecule has 8 heteroatoms. The highest BCUT2D eigenvalue weighted by atomic mass is 32.3. The number of fused-ring (bicyclic) bond motifs is 2. The molecule has 0 radical (unpaired) electrons. The van der Waals surface area contributed by atoms with E-state index in [1.165, 1.54) is 25.7 Å². The molecule has 3 N–H and O–H groups in total. The van der Waals surface area contributed by atoms with Crippen LogP contribution in [0.2, 0.25) is 0 Å². The van der Waals surface area contributed by atoms with Crippen LogP contribution in [0.15, 0.2) is 6.20 Å². The van der Waals surface area contributed by atoms with E-state index in [0.717, 1.165) is 30.4 Å². The second-order valence-electron chi connectivity index (χ2n) is 8.70.